The van der Waals surface area contributed by atoms with E-state index in [1.807, 2.05) is 17.4 Å². The van der Waals surface area contributed by atoms with Crippen molar-refractivity contribution in [2.45, 2.75) is 39.0 Å². The van der Waals surface area contributed by atoms with Crippen LogP contribution in [0.15, 0.2) is 24.3 Å². The third-order valence-electron chi connectivity index (χ3n) is 2.75. The molecule has 0 aliphatic rings. The van der Waals surface area contributed by atoms with Crippen molar-refractivity contribution in [1.29, 1.82) is 0 Å². The SMILES string of the molecule is CCCCCCc1ccc(-c2ccc(Cl)s2)s1. The summed E-state index contributed by atoms with van der Waals surface area (Å²) in [5.41, 5.74) is 0. The number of thiophene rings is 2. The zero-order chi connectivity index (χ0) is 12.1. The molecule has 0 aromatic carbocycles. The predicted molar refractivity (Wildman–Crippen MR) is 80.5 cm³/mol. The Morgan fingerprint density at radius 1 is 0.941 bits per heavy atom. The Morgan fingerprint density at radius 3 is 2.41 bits per heavy atom. The van der Waals surface area contributed by atoms with E-state index in [2.05, 4.69) is 25.1 Å². The van der Waals surface area contributed by atoms with Crippen LogP contribution in [0.3, 0.4) is 0 Å². The molecule has 2 aromatic heterocycles. The third kappa shape index (κ3) is 3.84. The molecule has 0 aliphatic heterocycles. The van der Waals surface area contributed by atoms with E-state index in [1.54, 1.807) is 11.3 Å². The van der Waals surface area contributed by atoms with Crippen LogP contribution >= 0.6 is 34.3 Å². The van der Waals surface area contributed by atoms with Crippen LogP contribution in [-0.2, 0) is 6.42 Å². The summed E-state index contributed by atoms with van der Waals surface area (Å²) < 4.78 is 0.873. The van der Waals surface area contributed by atoms with Gasteiger partial charge in [-0.2, -0.15) is 0 Å². The van der Waals surface area contributed by atoms with Gasteiger partial charge in [0.15, 0.2) is 0 Å². The largest absolute Gasteiger partial charge is 0.139 e. The van der Waals surface area contributed by atoms with Gasteiger partial charge in [0.05, 0.1) is 4.34 Å². The molecule has 0 N–H and O–H groups in total. The zero-order valence-electron chi connectivity index (χ0n) is 10.0. The molecule has 17 heavy (non-hydrogen) atoms. The molecular formula is C14H17ClS2. The van der Waals surface area contributed by atoms with E-state index in [0.717, 1.165) is 4.34 Å². The van der Waals surface area contributed by atoms with Crippen molar-refractivity contribution >= 4 is 34.3 Å². The highest BCUT2D eigenvalue weighted by Crippen LogP contribution is 2.35. The van der Waals surface area contributed by atoms with Crippen molar-refractivity contribution in [3.8, 4) is 9.75 Å². The highest BCUT2D eigenvalue weighted by molar-refractivity contribution is 7.24. The summed E-state index contributed by atoms with van der Waals surface area (Å²) in [4.78, 5) is 4.15. The standard InChI is InChI=1S/C14H17ClS2/c1-2-3-4-5-6-11-7-8-12(16-11)13-9-10-14(15)17-13/h7-10H,2-6H2,1H3. The van der Waals surface area contributed by atoms with Crippen LogP contribution in [-0.4, -0.2) is 0 Å². The maximum Gasteiger partial charge on any atom is 0.0935 e. The lowest BCUT2D eigenvalue weighted by Crippen LogP contribution is -1.80. The lowest BCUT2D eigenvalue weighted by molar-refractivity contribution is 0.670. The Kier molecular flexibility index (Phi) is 5.08. The molecule has 0 spiro atoms. The van der Waals surface area contributed by atoms with Gasteiger partial charge in [0.25, 0.3) is 0 Å². The number of hydrogen-bond donors (Lipinski definition) is 0. The minimum atomic E-state index is 0.873. The average Bonchev–Trinajstić information content (AvgIpc) is 2.93. The Bertz CT molecular complexity index is 456. The van der Waals surface area contributed by atoms with Crippen LogP contribution in [0.25, 0.3) is 9.75 Å². The summed E-state index contributed by atoms with van der Waals surface area (Å²) in [7, 11) is 0. The molecule has 0 fully saturated rings. The maximum absolute atomic E-state index is 5.96. The lowest BCUT2D eigenvalue weighted by atomic mass is 10.1. The van der Waals surface area contributed by atoms with Crippen LogP contribution in [0.1, 0.15) is 37.5 Å². The third-order valence-corrected chi connectivity index (χ3v) is 5.33. The number of rotatable bonds is 6. The molecular weight excluding hydrogens is 268 g/mol. The van der Waals surface area contributed by atoms with E-state index in [0.29, 0.717) is 0 Å². The fourth-order valence-corrected chi connectivity index (χ4v) is 4.00. The number of hydrogen-bond acceptors (Lipinski definition) is 2. The van der Waals surface area contributed by atoms with Crippen molar-refractivity contribution in [2.24, 2.45) is 0 Å². The minimum Gasteiger partial charge on any atom is -0.139 e. The molecule has 0 unspecified atom stereocenters. The average molecular weight is 285 g/mol. The maximum atomic E-state index is 5.96. The van der Waals surface area contributed by atoms with E-state index in [4.69, 9.17) is 11.6 Å². The van der Waals surface area contributed by atoms with Gasteiger partial charge in [0.2, 0.25) is 0 Å². The molecule has 0 atom stereocenters. The summed E-state index contributed by atoms with van der Waals surface area (Å²) in [5, 5.41) is 0. The van der Waals surface area contributed by atoms with Crippen molar-refractivity contribution in [3.63, 3.8) is 0 Å². The zero-order valence-corrected chi connectivity index (χ0v) is 12.4. The molecule has 92 valence electrons. The first-order valence-corrected chi connectivity index (χ1v) is 8.15. The highest BCUT2D eigenvalue weighted by atomic mass is 35.5. The second-order valence-electron chi connectivity index (χ2n) is 4.18. The molecule has 0 saturated carbocycles. The van der Waals surface area contributed by atoms with Crippen LogP contribution < -0.4 is 0 Å². The quantitative estimate of drug-likeness (QED) is 0.550. The van der Waals surface area contributed by atoms with Crippen molar-refractivity contribution < 1.29 is 0 Å². The van der Waals surface area contributed by atoms with Crippen molar-refractivity contribution in [2.75, 3.05) is 0 Å². The molecule has 3 heteroatoms. The van der Waals surface area contributed by atoms with Gasteiger partial charge >= 0.3 is 0 Å². The van der Waals surface area contributed by atoms with Crippen LogP contribution in [0.5, 0.6) is 0 Å². The molecule has 0 saturated heterocycles. The molecule has 2 aromatic rings. The van der Waals surface area contributed by atoms with Gasteiger partial charge in [0, 0.05) is 14.6 Å². The summed E-state index contributed by atoms with van der Waals surface area (Å²) >= 11 is 9.53. The van der Waals surface area contributed by atoms with E-state index < -0.39 is 0 Å². The molecule has 2 rings (SSSR count). The number of halogens is 1. The van der Waals surface area contributed by atoms with Gasteiger partial charge in [0.1, 0.15) is 0 Å². The summed E-state index contributed by atoms with van der Waals surface area (Å²) in [6.45, 7) is 2.25. The first-order valence-electron chi connectivity index (χ1n) is 6.14. The first kappa shape index (κ1) is 13.1. The predicted octanol–water partition coefficient (Wildman–Crippen LogP) is 6.25. The number of aryl methyl sites for hydroxylation is 1. The van der Waals surface area contributed by atoms with E-state index in [-0.39, 0.29) is 0 Å². The molecule has 0 amide bonds. The van der Waals surface area contributed by atoms with Crippen LogP contribution in [0.4, 0.5) is 0 Å². The van der Waals surface area contributed by atoms with E-state index in [9.17, 15) is 0 Å². The number of unbranched alkanes of at least 4 members (excludes halogenated alkanes) is 3. The Morgan fingerprint density at radius 2 is 1.71 bits per heavy atom. The molecule has 0 aliphatic carbocycles. The fraction of sp³-hybridized carbons (Fsp3) is 0.429. The Hall–Kier alpha value is -0.310. The monoisotopic (exact) mass is 284 g/mol. The van der Waals surface area contributed by atoms with Crippen LogP contribution in [0.2, 0.25) is 4.34 Å². The highest BCUT2D eigenvalue weighted by Gasteiger charge is 2.05. The summed E-state index contributed by atoms with van der Waals surface area (Å²) in [6.07, 6.45) is 6.57. The molecule has 0 radical (unpaired) electrons. The second kappa shape index (κ2) is 6.58. The topological polar surface area (TPSA) is 0 Å². The van der Waals surface area contributed by atoms with Gasteiger partial charge in [-0.15, -0.1) is 22.7 Å². The second-order valence-corrected chi connectivity index (χ2v) is 7.06. The van der Waals surface area contributed by atoms with Crippen molar-refractivity contribution in [3.05, 3.63) is 33.5 Å². The lowest BCUT2D eigenvalue weighted by Gasteiger charge is -1.96. The fourth-order valence-electron chi connectivity index (χ4n) is 1.82. The van der Waals surface area contributed by atoms with Crippen molar-refractivity contribution in [1.82, 2.24) is 0 Å². The molecule has 0 nitrogen and oxygen atoms in total. The molecule has 0 bridgehead atoms. The normalized spacial score (nSPS) is 10.9. The first-order chi connectivity index (χ1) is 8.29. The van der Waals surface area contributed by atoms with Gasteiger partial charge in [-0.1, -0.05) is 37.8 Å². The van der Waals surface area contributed by atoms with Gasteiger partial charge in [-0.05, 0) is 37.1 Å². The summed E-state index contributed by atoms with van der Waals surface area (Å²) in [6, 6.07) is 8.57. The smallest absolute Gasteiger partial charge is 0.0935 e. The Balaban J connectivity index is 1.92. The van der Waals surface area contributed by atoms with Crippen LogP contribution in [0, 0.1) is 0 Å². The van der Waals surface area contributed by atoms with E-state index >= 15 is 0 Å². The summed E-state index contributed by atoms with van der Waals surface area (Å²) in [5.74, 6) is 0. The Labute approximate surface area is 116 Å². The van der Waals surface area contributed by atoms with Gasteiger partial charge < -0.3 is 0 Å². The van der Waals surface area contributed by atoms with E-state index in [1.165, 1.54) is 46.7 Å². The van der Waals surface area contributed by atoms with Gasteiger partial charge in [-0.25, -0.2) is 0 Å². The minimum absolute atomic E-state index is 0.873. The van der Waals surface area contributed by atoms with Gasteiger partial charge in [-0.3, -0.25) is 0 Å². The molecule has 2 heterocycles.